The summed E-state index contributed by atoms with van der Waals surface area (Å²) in [5.74, 6) is -0.282. The average molecular weight is 453 g/mol. The molecule has 0 radical (unpaired) electrons. The summed E-state index contributed by atoms with van der Waals surface area (Å²) in [5.41, 5.74) is 0. The van der Waals surface area contributed by atoms with Crippen LogP contribution in [-0.2, 0) is 18.7 Å². The van der Waals surface area contributed by atoms with Crippen molar-refractivity contribution in [1.82, 2.24) is 0 Å². The van der Waals surface area contributed by atoms with E-state index in [2.05, 4.69) is 88.4 Å². The second-order valence-electron chi connectivity index (χ2n) is 9.38. The van der Waals surface area contributed by atoms with Gasteiger partial charge in [0.05, 0.1) is 6.10 Å². The number of rotatable bonds is 6. The van der Waals surface area contributed by atoms with Gasteiger partial charge in [-0.1, -0.05) is 101 Å². The lowest BCUT2D eigenvalue weighted by atomic mass is 10.1. The number of benzene rings is 2. The molecule has 0 fully saturated rings. The van der Waals surface area contributed by atoms with Crippen molar-refractivity contribution in [3.8, 4) is 0 Å². The van der Waals surface area contributed by atoms with Crippen LogP contribution in [0.4, 0.5) is 0 Å². The fourth-order valence-corrected chi connectivity index (χ4v) is 9.15. The van der Waals surface area contributed by atoms with E-state index in [-0.39, 0.29) is 23.2 Å². The predicted octanol–water partition coefficient (Wildman–Crippen LogP) is 4.97. The molecule has 0 aromatic heterocycles. The molecule has 3 rings (SSSR count). The molecule has 4 nitrogen and oxygen atoms in total. The van der Waals surface area contributed by atoms with E-state index < -0.39 is 14.6 Å². The Morgan fingerprint density at radius 2 is 1.50 bits per heavy atom. The first-order valence-electron chi connectivity index (χ1n) is 11.5. The van der Waals surface area contributed by atoms with Gasteiger partial charge in [0, 0.05) is 19.8 Å². The normalized spacial score (nSPS) is 23.1. The molecule has 0 saturated carbocycles. The van der Waals surface area contributed by atoms with Crippen molar-refractivity contribution in [2.24, 2.45) is 0 Å². The Labute approximate surface area is 193 Å². The Bertz CT molecular complexity index is 849. The summed E-state index contributed by atoms with van der Waals surface area (Å²) in [4.78, 5) is 11.7. The molecule has 0 saturated heterocycles. The molecule has 2 aromatic rings. The van der Waals surface area contributed by atoms with Crippen LogP contribution >= 0.6 is 0 Å². The predicted molar refractivity (Wildman–Crippen MR) is 132 cm³/mol. The molecule has 2 aromatic carbocycles. The number of carbonyl (C=O) groups is 1. The van der Waals surface area contributed by atoms with E-state index in [0.717, 1.165) is 6.42 Å². The Balaban J connectivity index is 2.05. The molecule has 0 spiro atoms. The number of esters is 1. The number of carbonyl (C=O) groups excluding carboxylic acids is 1. The number of ether oxygens (including phenoxy) is 2. The first kappa shape index (κ1) is 24.4. The van der Waals surface area contributed by atoms with Gasteiger partial charge in [-0.2, -0.15) is 0 Å². The summed E-state index contributed by atoms with van der Waals surface area (Å²) in [5, 5.41) is 2.30. The third-order valence-corrected chi connectivity index (χ3v) is 11.1. The van der Waals surface area contributed by atoms with Crippen molar-refractivity contribution in [2.75, 3.05) is 0 Å². The van der Waals surface area contributed by atoms with Crippen LogP contribution in [0.15, 0.2) is 72.8 Å². The quantitative estimate of drug-likeness (QED) is 0.353. The third-order valence-electron chi connectivity index (χ3n) is 6.05. The number of hydrogen-bond donors (Lipinski definition) is 0. The fraction of sp³-hybridized carbons (Fsp3) is 0.444. The maximum absolute atomic E-state index is 11.7. The van der Waals surface area contributed by atoms with Crippen molar-refractivity contribution in [3.63, 3.8) is 0 Å². The first-order chi connectivity index (χ1) is 15.3. The summed E-state index contributed by atoms with van der Waals surface area (Å²) in [7, 11) is -2.74. The first-order valence-corrected chi connectivity index (χ1v) is 13.4. The van der Waals surface area contributed by atoms with E-state index >= 15 is 0 Å². The van der Waals surface area contributed by atoms with Gasteiger partial charge in [-0.15, -0.1) is 0 Å². The third kappa shape index (κ3) is 5.40. The molecule has 32 heavy (non-hydrogen) atoms. The molecule has 5 heteroatoms. The van der Waals surface area contributed by atoms with Gasteiger partial charge in [-0.3, -0.25) is 4.79 Å². The number of hydrogen-bond acceptors (Lipinski definition) is 4. The van der Waals surface area contributed by atoms with Crippen LogP contribution in [0.1, 0.15) is 53.9 Å². The van der Waals surface area contributed by atoms with Crippen LogP contribution in [0, 0.1) is 0 Å². The zero-order valence-electron chi connectivity index (χ0n) is 19.9. The minimum absolute atomic E-state index is 0.137. The second kappa shape index (κ2) is 10.6. The van der Waals surface area contributed by atoms with Crippen molar-refractivity contribution < 1.29 is 18.7 Å². The largest absolute Gasteiger partial charge is 0.459 e. The molecule has 1 aliphatic rings. The SMILES string of the molecule is CC[C@H]1O[C@@H](O[Si](c2ccccc2)(c2ccccc2)C(C)(C)C)C/C=C\C[C@H]1OC(C)=O. The van der Waals surface area contributed by atoms with Crippen molar-refractivity contribution in [1.29, 1.82) is 0 Å². The molecule has 0 N–H and O–H groups in total. The zero-order chi connectivity index (χ0) is 23.2. The second-order valence-corrected chi connectivity index (χ2v) is 13.6. The highest BCUT2D eigenvalue weighted by Crippen LogP contribution is 2.38. The molecule has 0 bridgehead atoms. The van der Waals surface area contributed by atoms with Gasteiger partial charge in [0.25, 0.3) is 8.32 Å². The van der Waals surface area contributed by atoms with Crippen LogP contribution < -0.4 is 10.4 Å². The molecule has 1 aliphatic heterocycles. The lowest BCUT2D eigenvalue weighted by Crippen LogP contribution is -2.68. The molecular formula is C27H36O4Si. The van der Waals surface area contributed by atoms with Gasteiger partial charge in [0.15, 0.2) is 6.29 Å². The molecular weight excluding hydrogens is 416 g/mol. The van der Waals surface area contributed by atoms with Gasteiger partial charge >= 0.3 is 5.97 Å². The van der Waals surface area contributed by atoms with Gasteiger partial charge in [0.2, 0.25) is 0 Å². The molecule has 0 unspecified atom stereocenters. The average Bonchev–Trinajstić information content (AvgIpc) is 2.75. The smallest absolute Gasteiger partial charge is 0.303 e. The standard InChI is InChI=1S/C27H36O4Si/c1-6-24-25(29-21(2)28)19-13-14-20-26(30-24)31-32(27(3,4)5,22-15-9-7-10-16-22)23-17-11-8-12-18-23/h7-18,24-26H,6,19-20H2,1-5H3/b14-13-/t24-,25-,26+/m1/s1. The van der Waals surface area contributed by atoms with Crippen molar-refractivity contribution in [2.45, 2.75) is 77.4 Å². The molecule has 172 valence electrons. The Morgan fingerprint density at radius 1 is 0.969 bits per heavy atom. The monoisotopic (exact) mass is 452 g/mol. The minimum Gasteiger partial charge on any atom is -0.459 e. The van der Waals surface area contributed by atoms with E-state index in [4.69, 9.17) is 13.9 Å². The van der Waals surface area contributed by atoms with Gasteiger partial charge in [-0.25, -0.2) is 0 Å². The van der Waals surface area contributed by atoms with Crippen molar-refractivity contribution in [3.05, 3.63) is 72.8 Å². The van der Waals surface area contributed by atoms with Crippen LogP contribution in [-0.4, -0.2) is 32.8 Å². The summed E-state index contributed by atoms with van der Waals surface area (Å²) in [6.07, 6.45) is 5.28. The van der Waals surface area contributed by atoms with Crippen LogP contribution in [0.5, 0.6) is 0 Å². The summed E-state index contributed by atoms with van der Waals surface area (Å²) in [6.45, 7) is 10.3. The topological polar surface area (TPSA) is 44.8 Å². The van der Waals surface area contributed by atoms with Gasteiger partial charge in [-0.05, 0) is 21.8 Å². The minimum atomic E-state index is -2.74. The maximum Gasteiger partial charge on any atom is 0.303 e. The molecule has 0 aliphatic carbocycles. The maximum atomic E-state index is 11.7. The van der Waals surface area contributed by atoms with E-state index in [0.29, 0.717) is 12.8 Å². The van der Waals surface area contributed by atoms with E-state index in [1.54, 1.807) is 0 Å². The van der Waals surface area contributed by atoms with E-state index in [1.807, 2.05) is 12.1 Å². The van der Waals surface area contributed by atoms with E-state index in [1.165, 1.54) is 17.3 Å². The highest BCUT2D eigenvalue weighted by molar-refractivity contribution is 6.99. The van der Waals surface area contributed by atoms with Crippen LogP contribution in [0.2, 0.25) is 5.04 Å². The summed E-state index contributed by atoms with van der Waals surface area (Å²) < 4.78 is 19.3. The fourth-order valence-electron chi connectivity index (χ4n) is 4.59. The Kier molecular flexibility index (Phi) is 8.09. The van der Waals surface area contributed by atoms with E-state index in [9.17, 15) is 4.79 Å². The highest BCUT2D eigenvalue weighted by atomic mass is 28.4. The van der Waals surface area contributed by atoms with Gasteiger partial charge in [0.1, 0.15) is 6.10 Å². The molecule has 1 heterocycles. The van der Waals surface area contributed by atoms with Crippen molar-refractivity contribution >= 4 is 24.7 Å². The summed E-state index contributed by atoms with van der Waals surface area (Å²) >= 11 is 0. The van der Waals surface area contributed by atoms with Crippen LogP contribution in [0.3, 0.4) is 0 Å². The van der Waals surface area contributed by atoms with Crippen LogP contribution in [0.25, 0.3) is 0 Å². The zero-order valence-corrected chi connectivity index (χ0v) is 20.9. The Morgan fingerprint density at radius 3 is 1.97 bits per heavy atom. The summed E-state index contributed by atoms with van der Waals surface area (Å²) in [6, 6.07) is 21.2. The lowest BCUT2D eigenvalue weighted by Gasteiger charge is -2.45. The molecule has 0 amide bonds. The lowest BCUT2D eigenvalue weighted by molar-refractivity contribution is -0.178. The molecule has 3 atom stereocenters. The Hall–Kier alpha value is -2.21. The van der Waals surface area contributed by atoms with Gasteiger partial charge < -0.3 is 13.9 Å². The highest BCUT2D eigenvalue weighted by Gasteiger charge is 2.52.